The van der Waals surface area contributed by atoms with Crippen molar-refractivity contribution in [3.8, 4) is 11.5 Å². The minimum absolute atomic E-state index is 0.00383. The molecule has 24 heavy (non-hydrogen) atoms. The zero-order chi connectivity index (χ0) is 17.1. The van der Waals surface area contributed by atoms with Crippen LogP contribution in [-0.4, -0.2) is 15.1 Å². The minimum Gasteiger partial charge on any atom is -0.415 e. The van der Waals surface area contributed by atoms with E-state index in [4.69, 9.17) is 16.0 Å². The molecule has 7 heteroatoms. The summed E-state index contributed by atoms with van der Waals surface area (Å²) in [6, 6.07) is 13.7. The van der Waals surface area contributed by atoms with Crippen molar-refractivity contribution in [1.82, 2.24) is 10.2 Å². The monoisotopic (exact) mass is 341 g/mol. The van der Waals surface area contributed by atoms with Gasteiger partial charge in [0.1, 0.15) is 5.03 Å². The molecule has 0 aliphatic rings. The van der Waals surface area contributed by atoms with Gasteiger partial charge in [0.25, 0.3) is 11.6 Å². The van der Waals surface area contributed by atoms with Crippen LogP contribution in [0.2, 0.25) is 0 Å². The van der Waals surface area contributed by atoms with E-state index in [-0.39, 0.29) is 17.5 Å². The number of nitrogens with zero attached hydrogens (tertiary/aromatic N) is 3. The van der Waals surface area contributed by atoms with Gasteiger partial charge in [-0.2, -0.15) is 0 Å². The summed E-state index contributed by atoms with van der Waals surface area (Å²) in [6.45, 7) is 1.99. The molecule has 0 spiro atoms. The fourth-order valence-electron chi connectivity index (χ4n) is 2.13. The summed E-state index contributed by atoms with van der Waals surface area (Å²) in [4.78, 5) is 10.2. The van der Waals surface area contributed by atoms with Gasteiger partial charge in [-0.3, -0.25) is 10.1 Å². The van der Waals surface area contributed by atoms with Crippen molar-refractivity contribution in [2.75, 3.05) is 0 Å². The highest BCUT2D eigenvalue weighted by atomic mass is 35.5. The zero-order valence-corrected chi connectivity index (χ0v) is 13.4. The molecule has 2 aromatic carbocycles. The van der Waals surface area contributed by atoms with Crippen LogP contribution in [0.5, 0.6) is 0 Å². The van der Waals surface area contributed by atoms with E-state index in [1.807, 2.05) is 31.2 Å². The Morgan fingerprint density at radius 2 is 1.96 bits per heavy atom. The molecule has 0 saturated carbocycles. The molecule has 3 rings (SSSR count). The molecule has 0 N–H and O–H groups in total. The lowest BCUT2D eigenvalue weighted by Gasteiger charge is -1.97. The largest absolute Gasteiger partial charge is 0.415 e. The number of hydrogen-bond donors (Lipinski definition) is 0. The Morgan fingerprint density at radius 1 is 1.21 bits per heavy atom. The zero-order valence-electron chi connectivity index (χ0n) is 12.6. The van der Waals surface area contributed by atoms with Crippen LogP contribution in [0, 0.1) is 17.0 Å². The SMILES string of the molecule is Cc1cccc(/C=C(\Cl)c2nnc(-c3ccc([N+](=O)[O-])cc3)o2)c1. The van der Waals surface area contributed by atoms with E-state index in [2.05, 4.69) is 10.2 Å². The Bertz CT molecular complexity index is 917. The second kappa shape index (κ2) is 6.64. The number of nitro benzene ring substituents is 1. The average Bonchev–Trinajstić information content (AvgIpc) is 3.05. The van der Waals surface area contributed by atoms with Crippen LogP contribution in [-0.2, 0) is 0 Å². The van der Waals surface area contributed by atoms with E-state index in [1.54, 1.807) is 18.2 Å². The third-order valence-corrected chi connectivity index (χ3v) is 3.56. The van der Waals surface area contributed by atoms with E-state index >= 15 is 0 Å². The third-order valence-electron chi connectivity index (χ3n) is 3.29. The number of aryl methyl sites for hydroxylation is 1. The van der Waals surface area contributed by atoms with Crippen molar-refractivity contribution in [2.45, 2.75) is 6.92 Å². The molecule has 0 radical (unpaired) electrons. The third kappa shape index (κ3) is 3.49. The van der Waals surface area contributed by atoms with E-state index in [0.29, 0.717) is 10.6 Å². The van der Waals surface area contributed by atoms with Crippen molar-refractivity contribution in [1.29, 1.82) is 0 Å². The highest BCUT2D eigenvalue weighted by Crippen LogP contribution is 2.26. The summed E-state index contributed by atoms with van der Waals surface area (Å²) in [6.07, 6.45) is 1.74. The second-order valence-corrected chi connectivity index (χ2v) is 5.53. The van der Waals surface area contributed by atoms with Crippen molar-refractivity contribution in [3.63, 3.8) is 0 Å². The van der Waals surface area contributed by atoms with Crippen molar-refractivity contribution in [3.05, 3.63) is 75.7 Å². The van der Waals surface area contributed by atoms with Gasteiger partial charge in [-0.05, 0) is 30.7 Å². The van der Waals surface area contributed by atoms with E-state index in [1.165, 1.54) is 12.1 Å². The summed E-state index contributed by atoms with van der Waals surface area (Å²) in [5, 5.41) is 18.8. The molecule has 3 aromatic rings. The van der Waals surface area contributed by atoms with Gasteiger partial charge in [0.05, 0.1) is 4.92 Å². The van der Waals surface area contributed by atoms with Crippen LogP contribution in [0.25, 0.3) is 22.6 Å². The standard InChI is InChI=1S/C17H12ClN3O3/c1-11-3-2-4-12(9-11)10-15(18)17-20-19-16(24-17)13-5-7-14(8-6-13)21(22)23/h2-10H,1H3/b15-10-. The average molecular weight is 342 g/mol. The number of benzene rings is 2. The Morgan fingerprint density at radius 3 is 2.62 bits per heavy atom. The quantitative estimate of drug-likeness (QED) is 0.508. The van der Waals surface area contributed by atoms with Crippen LogP contribution < -0.4 is 0 Å². The topological polar surface area (TPSA) is 82.1 Å². The van der Waals surface area contributed by atoms with Gasteiger partial charge in [0.2, 0.25) is 5.89 Å². The summed E-state index contributed by atoms with van der Waals surface area (Å²) >= 11 is 6.24. The Labute approximate surface area is 142 Å². The Balaban J connectivity index is 1.86. The molecule has 0 aliphatic carbocycles. The molecule has 0 fully saturated rings. The first-order chi connectivity index (χ1) is 11.5. The Hall–Kier alpha value is -2.99. The van der Waals surface area contributed by atoms with Crippen LogP contribution in [0.1, 0.15) is 17.0 Å². The lowest BCUT2D eigenvalue weighted by molar-refractivity contribution is -0.384. The van der Waals surface area contributed by atoms with Crippen molar-refractivity contribution < 1.29 is 9.34 Å². The van der Waals surface area contributed by atoms with E-state index in [9.17, 15) is 10.1 Å². The second-order valence-electron chi connectivity index (χ2n) is 5.12. The summed E-state index contributed by atoms with van der Waals surface area (Å²) in [5.41, 5.74) is 2.62. The molecule has 0 aliphatic heterocycles. The molecule has 0 atom stereocenters. The molecule has 0 amide bonds. The predicted molar refractivity (Wildman–Crippen MR) is 91.3 cm³/mol. The number of non-ortho nitro benzene ring substituents is 1. The highest BCUT2D eigenvalue weighted by Gasteiger charge is 2.13. The smallest absolute Gasteiger partial charge is 0.269 e. The normalized spacial score (nSPS) is 11.5. The van der Waals surface area contributed by atoms with E-state index in [0.717, 1.165) is 11.1 Å². The first-order valence-electron chi connectivity index (χ1n) is 7.05. The van der Waals surface area contributed by atoms with Gasteiger partial charge < -0.3 is 4.42 Å². The van der Waals surface area contributed by atoms with Gasteiger partial charge in [-0.15, -0.1) is 10.2 Å². The molecule has 6 nitrogen and oxygen atoms in total. The maximum absolute atomic E-state index is 10.7. The molecule has 1 aromatic heterocycles. The number of aromatic nitrogens is 2. The molecule has 1 heterocycles. The lowest BCUT2D eigenvalue weighted by atomic mass is 10.1. The van der Waals surface area contributed by atoms with Crippen LogP contribution >= 0.6 is 11.6 Å². The van der Waals surface area contributed by atoms with E-state index < -0.39 is 4.92 Å². The van der Waals surface area contributed by atoms with Gasteiger partial charge in [0, 0.05) is 17.7 Å². The van der Waals surface area contributed by atoms with Crippen LogP contribution in [0.4, 0.5) is 5.69 Å². The molecule has 0 unspecified atom stereocenters. The molecular weight excluding hydrogens is 330 g/mol. The van der Waals surface area contributed by atoms with Gasteiger partial charge in [-0.1, -0.05) is 41.4 Å². The number of halogens is 1. The number of rotatable bonds is 4. The molecule has 120 valence electrons. The minimum atomic E-state index is -0.468. The Kier molecular flexibility index (Phi) is 4.39. The van der Waals surface area contributed by atoms with Crippen molar-refractivity contribution in [2.24, 2.45) is 0 Å². The van der Waals surface area contributed by atoms with Crippen molar-refractivity contribution >= 4 is 28.4 Å². The van der Waals surface area contributed by atoms with Gasteiger partial charge in [0.15, 0.2) is 0 Å². The first kappa shape index (κ1) is 15.9. The van der Waals surface area contributed by atoms with Gasteiger partial charge >= 0.3 is 0 Å². The maximum Gasteiger partial charge on any atom is 0.269 e. The fourth-order valence-corrected chi connectivity index (χ4v) is 2.33. The summed E-state index contributed by atoms with van der Waals surface area (Å²) in [5.74, 6) is 0.433. The first-order valence-corrected chi connectivity index (χ1v) is 7.43. The fraction of sp³-hybridized carbons (Fsp3) is 0.0588. The maximum atomic E-state index is 10.7. The predicted octanol–water partition coefficient (Wildman–Crippen LogP) is 4.69. The highest BCUT2D eigenvalue weighted by molar-refractivity contribution is 6.50. The lowest BCUT2D eigenvalue weighted by Crippen LogP contribution is -1.87. The number of hydrogen-bond acceptors (Lipinski definition) is 5. The van der Waals surface area contributed by atoms with Gasteiger partial charge in [-0.25, -0.2) is 0 Å². The summed E-state index contributed by atoms with van der Waals surface area (Å²) in [7, 11) is 0. The van der Waals surface area contributed by atoms with Crippen LogP contribution in [0.15, 0.2) is 52.9 Å². The molecule has 0 bridgehead atoms. The number of nitro groups is 1. The molecule has 0 saturated heterocycles. The molecular formula is C17H12ClN3O3. The summed E-state index contributed by atoms with van der Waals surface area (Å²) < 4.78 is 5.54. The van der Waals surface area contributed by atoms with Crippen LogP contribution in [0.3, 0.4) is 0 Å².